The number of hydrogen-bond donors (Lipinski definition) is 1. The second-order valence-corrected chi connectivity index (χ2v) is 7.32. The van der Waals surface area contributed by atoms with Crippen LogP contribution in [0, 0.1) is 10.1 Å². The summed E-state index contributed by atoms with van der Waals surface area (Å²) in [5.74, 6) is -0.456. The second kappa shape index (κ2) is 11.5. The first-order chi connectivity index (χ1) is 16.8. The normalized spacial score (nSPS) is 11.2. The highest BCUT2D eigenvalue weighted by atomic mass is 16.6. The van der Waals surface area contributed by atoms with Gasteiger partial charge >= 0.3 is 5.97 Å². The molecule has 0 spiro atoms. The number of esters is 1. The summed E-state index contributed by atoms with van der Waals surface area (Å²) in [5, 5.41) is 13.5. The van der Waals surface area contributed by atoms with Crippen molar-refractivity contribution >= 4 is 23.3 Å². The summed E-state index contributed by atoms with van der Waals surface area (Å²) < 4.78 is 21.5. The first-order valence-electron chi connectivity index (χ1n) is 10.5. The van der Waals surface area contributed by atoms with E-state index in [4.69, 9.17) is 18.9 Å². The predicted molar refractivity (Wildman–Crippen MR) is 127 cm³/mol. The van der Waals surface area contributed by atoms with Crippen molar-refractivity contribution in [2.24, 2.45) is 0 Å². The van der Waals surface area contributed by atoms with Gasteiger partial charge in [0, 0.05) is 12.1 Å². The number of non-ortho nitro benzene ring substituents is 1. The number of nitro groups is 1. The molecule has 35 heavy (non-hydrogen) atoms. The van der Waals surface area contributed by atoms with Crippen LogP contribution in [0.5, 0.6) is 17.2 Å². The Morgan fingerprint density at radius 3 is 2.29 bits per heavy atom. The molecule has 0 saturated heterocycles. The highest BCUT2D eigenvalue weighted by molar-refractivity contribution is 5.98. The summed E-state index contributed by atoms with van der Waals surface area (Å²) >= 11 is 0. The molecule has 0 bridgehead atoms. The third-order valence-electron chi connectivity index (χ3n) is 4.94. The Labute approximate surface area is 201 Å². The van der Waals surface area contributed by atoms with E-state index >= 15 is 0 Å². The fraction of sp³-hybridized carbons (Fsp3) is 0.200. The van der Waals surface area contributed by atoms with E-state index in [1.807, 2.05) is 30.3 Å². The Balaban J connectivity index is 1.66. The van der Waals surface area contributed by atoms with Gasteiger partial charge in [0.05, 0.1) is 30.4 Å². The summed E-state index contributed by atoms with van der Waals surface area (Å²) in [5.41, 5.74) is 0.975. The highest BCUT2D eigenvalue weighted by Gasteiger charge is 2.22. The largest absolute Gasteiger partial charge is 0.495 e. The number of nitro benzene ring substituents is 1. The number of amides is 1. The zero-order chi connectivity index (χ0) is 25.4. The first kappa shape index (κ1) is 25.0. The van der Waals surface area contributed by atoms with Crippen LogP contribution in [0.3, 0.4) is 0 Å². The molecular weight excluding hydrogens is 456 g/mol. The standard InChI is InChI=1S/C25H24N2O8/c1-16(24(28)26-20-14-19(27(30)31)10-12-21(20)32-2)35-25(29)18-9-11-22(23(13-18)33-3)34-15-17-7-5-4-6-8-17/h4-14,16H,15H2,1-3H3,(H,26,28)/t16-/m1/s1. The van der Waals surface area contributed by atoms with Crippen LogP contribution in [0.25, 0.3) is 0 Å². The van der Waals surface area contributed by atoms with Gasteiger partial charge in [-0.3, -0.25) is 14.9 Å². The third-order valence-corrected chi connectivity index (χ3v) is 4.94. The molecule has 1 N–H and O–H groups in total. The van der Waals surface area contributed by atoms with Crippen LogP contribution in [0.4, 0.5) is 11.4 Å². The zero-order valence-corrected chi connectivity index (χ0v) is 19.3. The maximum Gasteiger partial charge on any atom is 0.339 e. The molecule has 0 radical (unpaired) electrons. The van der Waals surface area contributed by atoms with Crippen molar-refractivity contribution in [3.8, 4) is 17.2 Å². The Kier molecular flexibility index (Phi) is 8.23. The molecule has 182 valence electrons. The van der Waals surface area contributed by atoms with Crippen molar-refractivity contribution in [3.63, 3.8) is 0 Å². The minimum atomic E-state index is -1.20. The third kappa shape index (κ3) is 6.47. The monoisotopic (exact) mass is 480 g/mol. The molecule has 0 heterocycles. The Morgan fingerprint density at radius 1 is 0.943 bits per heavy atom. The number of benzene rings is 3. The number of carbonyl (C=O) groups is 2. The number of rotatable bonds is 10. The molecule has 3 aromatic rings. The number of nitrogens with one attached hydrogen (secondary N) is 1. The lowest BCUT2D eigenvalue weighted by molar-refractivity contribution is -0.384. The van der Waals surface area contributed by atoms with E-state index in [0.29, 0.717) is 18.1 Å². The molecular formula is C25H24N2O8. The molecule has 0 aliphatic heterocycles. The Morgan fingerprint density at radius 2 is 1.63 bits per heavy atom. The van der Waals surface area contributed by atoms with E-state index in [2.05, 4.69) is 5.32 Å². The number of nitrogens with zero attached hydrogens (tertiary/aromatic N) is 1. The van der Waals surface area contributed by atoms with Gasteiger partial charge in [-0.2, -0.15) is 0 Å². The van der Waals surface area contributed by atoms with Crippen LogP contribution in [0.1, 0.15) is 22.8 Å². The second-order valence-electron chi connectivity index (χ2n) is 7.32. The molecule has 3 rings (SSSR count). The highest BCUT2D eigenvalue weighted by Crippen LogP contribution is 2.30. The van der Waals surface area contributed by atoms with Crippen molar-refractivity contribution < 1.29 is 33.5 Å². The van der Waals surface area contributed by atoms with E-state index in [1.54, 1.807) is 6.07 Å². The molecule has 10 nitrogen and oxygen atoms in total. The lowest BCUT2D eigenvalue weighted by Gasteiger charge is -2.16. The first-order valence-corrected chi connectivity index (χ1v) is 10.5. The van der Waals surface area contributed by atoms with Crippen molar-refractivity contribution in [1.82, 2.24) is 0 Å². The molecule has 3 aromatic carbocycles. The van der Waals surface area contributed by atoms with Crippen LogP contribution in [0.15, 0.2) is 66.7 Å². The van der Waals surface area contributed by atoms with E-state index in [0.717, 1.165) is 11.6 Å². The van der Waals surface area contributed by atoms with Crippen LogP contribution in [-0.4, -0.2) is 37.1 Å². The van der Waals surface area contributed by atoms with Crippen molar-refractivity contribution in [1.29, 1.82) is 0 Å². The van der Waals surface area contributed by atoms with Crippen LogP contribution < -0.4 is 19.5 Å². The van der Waals surface area contributed by atoms with Gasteiger partial charge in [0.25, 0.3) is 11.6 Å². The average molecular weight is 480 g/mol. The summed E-state index contributed by atoms with van der Waals surface area (Å²) in [6.07, 6.45) is -1.20. The number of carbonyl (C=O) groups excluding carboxylic acids is 2. The van der Waals surface area contributed by atoms with Gasteiger partial charge in [-0.05, 0) is 36.8 Å². The zero-order valence-electron chi connectivity index (χ0n) is 19.3. The topological polar surface area (TPSA) is 126 Å². The van der Waals surface area contributed by atoms with E-state index < -0.39 is 22.9 Å². The van der Waals surface area contributed by atoms with Crippen LogP contribution in [0.2, 0.25) is 0 Å². The van der Waals surface area contributed by atoms with E-state index in [1.165, 1.54) is 45.4 Å². The molecule has 0 fully saturated rings. The lowest BCUT2D eigenvalue weighted by atomic mass is 10.2. The number of ether oxygens (including phenoxy) is 4. The van der Waals surface area contributed by atoms with Gasteiger partial charge in [0.2, 0.25) is 0 Å². The number of anilines is 1. The SMILES string of the molecule is COc1ccc([N+](=O)[O-])cc1NC(=O)[C@@H](C)OC(=O)c1ccc(OCc2ccccc2)c(OC)c1. The molecule has 1 amide bonds. The Bertz CT molecular complexity index is 1210. The van der Waals surface area contributed by atoms with Crippen LogP contribution in [-0.2, 0) is 16.1 Å². The molecule has 0 aliphatic carbocycles. The van der Waals surface area contributed by atoms with E-state index in [9.17, 15) is 19.7 Å². The maximum atomic E-state index is 12.6. The maximum absolute atomic E-state index is 12.6. The smallest absolute Gasteiger partial charge is 0.339 e. The van der Waals surface area contributed by atoms with Gasteiger partial charge in [-0.1, -0.05) is 30.3 Å². The van der Waals surface area contributed by atoms with E-state index in [-0.39, 0.29) is 22.7 Å². The number of methoxy groups -OCH3 is 2. The van der Waals surface area contributed by atoms with Gasteiger partial charge in [0.15, 0.2) is 17.6 Å². The summed E-state index contributed by atoms with van der Waals surface area (Å²) in [6, 6.07) is 17.9. The number of hydrogen-bond acceptors (Lipinski definition) is 8. The van der Waals surface area contributed by atoms with Gasteiger partial charge in [0.1, 0.15) is 12.4 Å². The quantitative estimate of drug-likeness (QED) is 0.257. The molecule has 1 atom stereocenters. The molecule has 0 saturated carbocycles. The van der Waals surface area contributed by atoms with Gasteiger partial charge in [-0.15, -0.1) is 0 Å². The Hall–Kier alpha value is -4.60. The fourth-order valence-electron chi connectivity index (χ4n) is 3.07. The van der Waals surface area contributed by atoms with Crippen molar-refractivity contribution in [2.75, 3.05) is 19.5 Å². The average Bonchev–Trinajstić information content (AvgIpc) is 2.87. The van der Waals surface area contributed by atoms with Crippen LogP contribution >= 0.6 is 0 Å². The fourth-order valence-corrected chi connectivity index (χ4v) is 3.07. The molecule has 0 unspecified atom stereocenters. The molecule has 10 heteroatoms. The molecule has 0 aromatic heterocycles. The molecule has 0 aliphatic rings. The lowest BCUT2D eigenvalue weighted by Crippen LogP contribution is -2.30. The summed E-state index contributed by atoms with van der Waals surface area (Å²) in [4.78, 5) is 35.6. The predicted octanol–water partition coefficient (Wildman–Crippen LogP) is 4.38. The summed E-state index contributed by atoms with van der Waals surface area (Å²) in [6.45, 7) is 1.70. The van der Waals surface area contributed by atoms with Gasteiger partial charge < -0.3 is 24.3 Å². The minimum Gasteiger partial charge on any atom is -0.495 e. The van der Waals surface area contributed by atoms with Crippen molar-refractivity contribution in [3.05, 3.63) is 88.0 Å². The van der Waals surface area contributed by atoms with Crippen molar-refractivity contribution in [2.45, 2.75) is 19.6 Å². The van der Waals surface area contributed by atoms with Gasteiger partial charge in [-0.25, -0.2) is 4.79 Å². The summed E-state index contributed by atoms with van der Waals surface area (Å²) in [7, 11) is 2.81. The minimum absolute atomic E-state index is 0.0798.